The molecule has 300 valence electrons. The SMILES string of the molecule is CC(C)[C@@H]([C@H](O)[C@@H](OC(=O)N1C(C)(C)COC1(C)C)[C@H](Cc1ccccc1)N(Cc1ccccc1)Cc1ccccc1)N(Cc1ccccc1)Cc1ccccc1. The van der Waals surface area contributed by atoms with E-state index in [0.29, 0.717) is 39.2 Å². The first-order chi connectivity index (χ1) is 27.4. The molecule has 0 saturated carbocycles. The van der Waals surface area contributed by atoms with Crippen molar-refractivity contribution in [1.82, 2.24) is 14.7 Å². The Hall–Kier alpha value is -4.79. The van der Waals surface area contributed by atoms with Crippen molar-refractivity contribution < 1.29 is 19.4 Å². The number of hydrogen-bond donors (Lipinski definition) is 1. The van der Waals surface area contributed by atoms with Crippen LogP contribution in [0, 0.1) is 5.92 Å². The number of rotatable bonds is 17. The molecule has 0 unspecified atom stereocenters. The second-order valence-electron chi connectivity index (χ2n) is 17.0. The van der Waals surface area contributed by atoms with Gasteiger partial charge < -0.3 is 14.6 Å². The second-order valence-corrected chi connectivity index (χ2v) is 17.0. The number of benzene rings is 5. The molecule has 0 aromatic heterocycles. The Kier molecular flexibility index (Phi) is 14.0. The van der Waals surface area contributed by atoms with Crippen molar-refractivity contribution in [2.45, 2.75) is 110 Å². The van der Waals surface area contributed by atoms with Gasteiger partial charge in [-0.05, 0) is 67.9 Å². The number of carbonyl (C=O) groups excluding carboxylic acids is 1. The van der Waals surface area contributed by atoms with E-state index in [2.05, 4.69) is 133 Å². The van der Waals surface area contributed by atoms with Crippen LogP contribution in [0.4, 0.5) is 4.79 Å². The fourth-order valence-electron chi connectivity index (χ4n) is 8.59. The average molecular weight is 768 g/mol. The zero-order valence-electron chi connectivity index (χ0n) is 34.6. The summed E-state index contributed by atoms with van der Waals surface area (Å²) in [5.41, 5.74) is 4.14. The van der Waals surface area contributed by atoms with Gasteiger partial charge in [0.1, 0.15) is 17.9 Å². The molecule has 4 atom stereocenters. The number of nitrogens with zero attached hydrogens (tertiary/aromatic N) is 3. The topological polar surface area (TPSA) is 65.5 Å². The first kappa shape index (κ1) is 41.8. The summed E-state index contributed by atoms with van der Waals surface area (Å²) in [5, 5.41) is 13.4. The van der Waals surface area contributed by atoms with Gasteiger partial charge in [-0.1, -0.05) is 166 Å². The van der Waals surface area contributed by atoms with Gasteiger partial charge in [-0.15, -0.1) is 0 Å². The largest absolute Gasteiger partial charge is 0.442 e. The Morgan fingerprint density at radius 1 is 0.632 bits per heavy atom. The highest BCUT2D eigenvalue weighted by Crippen LogP contribution is 2.37. The maximum Gasteiger partial charge on any atom is 0.413 e. The van der Waals surface area contributed by atoms with Crippen molar-refractivity contribution in [2.24, 2.45) is 5.92 Å². The fourth-order valence-corrected chi connectivity index (χ4v) is 8.59. The van der Waals surface area contributed by atoms with Gasteiger partial charge >= 0.3 is 6.09 Å². The number of aliphatic hydroxyl groups is 1. The third kappa shape index (κ3) is 11.0. The summed E-state index contributed by atoms with van der Waals surface area (Å²) < 4.78 is 13.1. The van der Waals surface area contributed by atoms with Crippen LogP contribution in [-0.2, 0) is 42.1 Å². The smallest absolute Gasteiger partial charge is 0.413 e. The van der Waals surface area contributed by atoms with Gasteiger partial charge in [0.15, 0.2) is 0 Å². The maximum absolute atomic E-state index is 14.9. The lowest BCUT2D eigenvalue weighted by Crippen LogP contribution is -2.61. The molecule has 6 rings (SSSR count). The van der Waals surface area contributed by atoms with Crippen molar-refractivity contribution in [3.63, 3.8) is 0 Å². The molecule has 1 aliphatic rings. The molecule has 5 aromatic carbocycles. The molecule has 57 heavy (non-hydrogen) atoms. The van der Waals surface area contributed by atoms with Crippen LogP contribution in [0.2, 0.25) is 0 Å². The molecule has 1 fully saturated rings. The number of ether oxygens (including phenoxy) is 2. The van der Waals surface area contributed by atoms with Crippen molar-refractivity contribution in [3.05, 3.63) is 179 Å². The summed E-state index contributed by atoms with van der Waals surface area (Å²) >= 11 is 0. The van der Waals surface area contributed by atoms with Crippen LogP contribution in [0.25, 0.3) is 0 Å². The van der Waals surface area contributed by atoms with E-state index < -0.39 is 41.6 Å². The van der Waals surface area contributed by atoms with Gasteiger partial charge in [0.25, 0.3) is 0 Å². The Morgan fingerprint density at radius 2 is 1.00 bits per heavy atom. The summed E-state index contributed by atoms with van der Waals surface area (Å²) in [6.07, 6.45) is -1.98. The number of amides is 1. The van der Waals surface area contributed by atoms with E-state index in [1.807, 2.05) is 70.2 Å². The number of carbonyl (C=O) groups is 1. The highest BCUT2D eigenvalue weighted by atomic mass is 16.6. The van der Waals surface area contributed by atoms with Gasteiger partial charge in [0, 0.05) is 32.2 Å². The first-order valence-electron chi connectivity index (χ1n) is 20.4. The molecule has 0 radical (unpaired) electrons. The Morgan fingerprint density at radius 3 is 1.35 bits per heavy atom. The fraction of sp³-hybridized carbons (Fsp3) is 0.380. The lowest BCUT2D eigenvalue weighted by Gasteiger charge is -2.46. The van der Waals surface area contributed by atoms with E-state index in [1.54, 1.807) is 4.90 Å². The molecule has 7 nitrogen and oxygen atoms in total. The minimum atomic E-state index is -1.08. The van der Waals surface area contributed by atoms with Gasteiger partial charge in [-0.2, -0.15) is 0 Å². The molecule has 0 spiro atoms. The predicted octanol–water partition coefficient (Wildman–Crippen LogP) is 9.74. The van der Waals surface area contributed by atoms with Gasteiger partial charge in [0.2, 0.25) is 0 Å². The van der Waals surface area contributed by atoms with Crippen LogP contribution in [0.15, 0.2) is 152 Å². The Labute approximate surface area is 340 Å². The number of hydrogen-bond acceptors (Lipinski definition) is 6. The minimum Gasteiger partial charge on any atom is -0.442 e. The predicted molar refractivity (Wildman–Crippen MR) is 229 cm³/mol. The van der Waals surface area contributed by atoms with Crippen LogP contribution in [0.5, 0.6) is 0 Å². The molecule has 1 N–H and O–H groups in total. The van der Waals surface area contributed by atoms with E-state index in [0.717, 1.165) is 27.8 Å². The van der Waals surface area contributed by atoms with E-state index in [-0.39, 0.29) is 5.92 Å². The summed E-state index contributed by atoms with van der Waals surface area (Å²) in [6, 6.07) is 51.2. The van der Waals surface area contributed by atoms with Crippen LogP contribution in [0.1, 0.15) is 69.4 Å². The normalized spacial score (nSPS) is 17.1. The summed E-state index contributed by atoms with van der Waals surface area (Å²) in [6.45, 7) is 14.9. The molecular formula is C50H61N3O4. The molecule has 1 aliphatic heterocycles. The molecule has 7 heteroatoms. The van der Waals surface area contributed by atoms with Crippen molar-refractivity contribution in [2.75, 3.05) is 6.61 Å². The van der Waals surface area contributed by atoms with Gasteiger partial charge in [0.05, 0.1) is 18.2 Å². The quantitative estimate of drug-likeness (QED) is 0.102. The van der Waals surface area contributed by atoms with E-state index in [1.165, 1.54) is 0 Å². The average Bonchev–Trinajstić information content (AvgIpc) is 3.43. The van der Waals surface area contributed by atoms with Crippen LogP contribution < -0.4 is 0 Å². The van der Waals surface area contributed by atoms with Crippen LogP contribution in [0.3, 0.4) is 0 Å². The zero-order chi connectivity index (χ0) is 40.4. The van der Waals surface area contributed by atoms with Crippen molar-refractivity contribution in [1.29, 1.82) is 0 Å². The lowest BCUT2D eigenvalue weighted by molar-refractivity contribution is -0.116. The molecule has 5 aromatic rings. The monoisotopic (exact) mass is 767 g/mol. The highest BCUT2D eigenvalue weighted by molar-refractivity contribution is 5.70. The van der Waals surface area contributed by atoms with Gasteiger partial charge in [-0.25, -0.2) is 4.79 Å². The molecule has 0 bridgehead atoms. The minimum absolute atomic E-state index is 0.00861. The molecule has 1 heterocycles. The summed E-state index contributed by atoms with van der Waals surface area (Å²) in [7, 11) is 0. The zero-order valence-corrected chi connectivity index (χ0v) is 34.6. The van der Waals surface area contributed by atoms with Gasteiger partial charge in [-0.3, -0.25) is 14.7 Å². The third-order valence-electron chi connectivity index (χ3n) is 11.2. The third-order valence-corrected chi connectivity index (χ3v) is 11.2. The maximum atomic E-state index is 14.9. The van der Waals surface area contributed by atoms with Crippen molar-refractivity contribution >= 4 is 6.09 Å². The highest BCUT2D eigenvalue weighted by Gasteiger charge is 2.52. The van der Waals surface area contributed by atoms with E-state index in [9.17, 15) is 9.90 Å². The van der Waals surface area contributed by atoms with E-state index in [4.69, 9.17) is 9.47 Å². The van der Waals surface area contributed by atoms with E-state index >= 15 is 0 Å². The number of aliphatic hydroxyl groups excluding tert-OH is 1. The molecule has 1 saturated heterocycles. The summed E-state index contributed by atoms with van der Waals surface area (Å²) in [4.78, 5) is 21.4. The molecular weight excluding hydrogens is 707 g/mol. The lowest BCUT2D eigenvalue weighted by atomic mass is 9.86. The molecule has 1 amide bonds. The first-order valence-corrected chi connectivity index (χ1v) is 20.4. The summed E-state index contributed by atoms with van der Waals surface area (Å²) in [5.74, 6) is -0.00861. The van der Waals surface area contributed by atoms with Crippen LogP contribution >= 0.6 is 0 Å². The van der Waals surface area contributed by atoms with Crippen LogP contribution in [-0.4, -0.2) is 68.1 Å². The molecule has 0 aliphatic carbocycles. The standard InChI is InChI=1S/C50H61N3O4/c1-38(2)45(52(35-42-28-18-10-19-29-42)36-43-30-20-11-21-31-43)46(54)47(57-48(55)53-49(3,4)37-56-50(53,5)6)44(32-39-22-12-7-13-23-39)51(33-40-24-14-8-15-25-40)34-41-26-16-9-17-27-41/h7-31,38,44-47,54H,32-37H2,1-6H3/t44-,45-,46-,47-/m0/s1. The Bertz CT molecular complexity index is 1840. The second kappa shape index (κ2) is 19.1. The van der Waals surface area contributed by atoms with Crippen molar-refractivity contribution in [3.8, 4) is 0 Å². The Balaban J connectivity index is 1.50.